The van der Waals surface area contributed by atoms with E-state index in [0.717, 1.165) is 11.6 Å². The Hall–Kier alpha value is -2.93. The molecule has 0 aliphatic carbocycles. The first-order valence-corrected chi connectivity index (χ1v) is 8.48. The fourth-order valence-corrected chi connectivity index (χ4v) is 2.24. The Morgan fingerprint density at radius 2 is 2.07 bits per heavy atom. The highest BCUT2D eigenvalue weighted by molar-refractivity contribution is 6.30. The van der Waals surface area contributed by atoms with E-state index >= 15 is 0 Å². The molecule has 0 saturated carbocycles. The molecular weight excluding hydrogens is 373 g/mol. The van der Waals surface area contributed by atoms with Crippen molar-refractivity contribution in [3.05, 3.63) is 70.9 Å². The number of aryl methyl sites for hydroxylation is 1. The fraction of sp³-hybridized carbons (Fsp3) is 0.211. The lowest BCUT2D eigenvalue weighted by molar-refractivity contribution is -0.122. The third-order valence-electron chi connectivity index (χ3n) is 3.43. The summed E-state index contributed by atoms with van der Waals surface area (Å²) in [4.78, 5) is 27.8. The Morgan fingerprint density at radius 3 is 2.78 bits per heavy atom. The number of nitrogens with zero attached hydrogens (tertiary/aromatic N) is 1. The summed E-state index contributed by atoms with van der Waals surface area (Å²) in [5, 5.41) is 5.26. The zero-order valence-corrected chi connectivity index (χ0v) is 15.5. The molecule has 1 aromatic heterocycles. The second kappa shape index (κ2) is 9.68. The van der Waals surface area contributed by atoms with Gasteiger partial charge in [-0.2, -0.15) is 0 Å². The average Bonchev–Trinajstić information content (AvgIpc) is 2.62. The van der Waals surface area contributed by atoms with Crippen molar-refractivity contribution < 1.29 is 18.7 Å². The van der Waals surface area contributed by atoms with Crippen molar-refractivity contribution >= 4 is 23.4 Å². The van der Waals surface area contributed by atoms with Gasteiger partial charge in [0.15, 0.2) is 6.61 Å². The number of carbonyl (C=O) groups is 2. The zero-order valence-electron chi connectivity index (χ0n) is 14.7. The van der Waals surface area contributed by atoms with Crippen molar-refractivity contribution in [3.8, 4) is 5.75 Å². The number of amides is 2. The molecule has 0 radical (unpaired) electrons. The van der Waals surface area contributed by atoms with Gasteiger partial charge in [0, 0.05) is 37.1 Å². The van der Waals surface area contributed by atoms with E-state index in [1.807, 2.05) is 6.92 Å². The van der Waals surface area contributed by atoms with Gasteiger partial charge < -0.3 is 15.4 Å². The van der Waals surface area contributed by atoms with Crippen molar-refractivity contribution in [3.63, 3.8) is 0 Å². The average molecular weight is 392 g/mol. The highest BCUT2D eigenvalue weighted by Crippen LogP contribution is 2.20. The maximum Gasteiger partial charge on any atom is 0.262 e. The standard InChI is InChI=1S/C19H19ClFN3O3/c1-12-7-14(10-22-9-12)19(26)23-6-5-13(2)24-18(25)11-27-15-3-4-16(20)17(21)8-15/h3-4,7-10H,2,5-6,11H2,1H3,(H,23,26)(H,24,25). The minimum absolute atomic E-state index is 0.0244. The van der Waals surface area contributed by atoms with Gasteiger partial charge in [0.2, 0.25) is 0 Å². The summed E-state index contributed by atoms with van der Waals surface area (Å²) < 4.78 is 18.5. The van der Waals surface area contributed by atoms with Crippen molar-refractivity contribution in [2.75, 3.05) is 13.2 Å². The SMILES string of the molecule is C=C(CCNC(=O)c1cncc(C)c1)NC(=O)COc1ccc(Cl)c(F)c1. The van der Waals surface area contributed by atoms with Gasteiger partial charge in [-0.15, -0.1) is 0 Å². The monoisotopic (exact) mass is 391 g/mol. The molecule has 0 fully saturated rings. The predicted molar refractivity (Wildman–Crippen MR) is 100 cm³/mol. The number of nitrogens with one attached hydrogen (secondary N) is 2. The normalized spacial score (nSPS) is 10.2. The Labute approximate surface area is 161 Å². The first-order chi connectivity index (χ1) is 12.8. The zero-order chi connectivity index (χ0) is 19.8. The molecular formula is C19H19ClFN3O3. The number of carbonyl (C=O) groups excluding carboxylic acids is 2. The molecule has 2 amide bonds. The summed E-state index contributed by atoms with van der Waals surface area (Å²) >= 11 is 5.57. The summed E-state index contributed by atoms with van der Waals surface area (Å²) in [6.07, 6.45) is 3.50. The molecule has 27 heavy (non-hydrogen) atoms. The van der Waals surface area contributed by atoms with Crippen LogP contribution in [0.15, 0.2) is 48.9 Å². The molecule has 0 saturated heterocycles. The number of hydrogen-bond acceptors (Lipinski definition) is 4. The lowest BCUT2D eigenvalue weighted by Crippen LogP contribution is -2.31. The predicted octanol–water partition coefficient (Wildman–Crippen LogP) is 3.01. The Bertz CT molecular complexity index is 858. The van der Waals surface area contributed by atoms with Gasteiger partial charge in [0.05, 0.1) is 10.6 Å². The second-order valence-electron chi connectivity index (χ2n) is 5.77. The van der Waals surface area contributed by atoms with Crippen LogP contribution in [0.5, 0.6) is 5.75 Å². The van der Waals surface area contributed by atoms with Crippen LogP contribution in [0.3, 0.4) is 0 Å². The van der Waals surface area contributed by atoms with E-state index in [1.165, 1.54) is 18.3 Å². The van der Waals surface area contributed by atoms with Gasteiger partial charge in [0.25, 0.3) is 11.8 Å². The second-order valence-corrected chi connectivity index (χ2v) is 6.18. The summed E-state index contributed by atoms with van der Waals surface area (Å²) in [6.45, 7) is 5.58. The van der Waals surface area contributed by atoms with Gasteiger partial charge in [0.1, 0.15) is 11.6 Å². The third-order valence-corrected chi connectivity index (χ3v) is 3.73. The number of rotatable bonds is 8. The maximum atomic E-state index is 13.3. The van der Waals surface area contributed by atoms with Crippen LogP contribution in [0.1, 0.15) is 22.3 Å². The molecule has 0 aliphatic rings. The number of hydrogen-bond donors (Lipinski definition) is 2. The van der Waals surface area contributed by atoms with Gasteiger partial charge in [-0.05, 0) is 30.7 Å². The minimum atomic E-state index is -0.626. The highest BCUT2D eigenvalue weighted by atomic mass is 35.5. The van der Waals surface area contributed by atoms with Crippen molar-refractivity contribution in [2.24, 2.45) is 0 Å². The molecule has 1 heterocycles. The highest BCUT2D eigenvalue weighted by Gasteiger charge is 2.08. The van der Waals surface area contributed by atoms with Crippen LogP contribution in [0.2, 0.25) is 5.02 Å². The lowest BCUT2D eigenvalue weighted by Gasteiger charge is -2.11. The van der Waals surface area contributed by atoms with Crippen LogP contribution in [0.4, 0.5) is 4.39 Å². The van der Waals surface area contributed by atoms with E-state index in [-0.39, 0.29) is 23.3 Å². The molecule has 6 nitrogen and oxygen atoms in total. The van der Waals surface area contributed by atoms with Crippen molar-refractivity contribution in [1.29, 1.82) is 0 Å². The van der Waals surface area contributed by atoms with E-state index in [0.29, 0.717) is 24.2 Å². The molecule has 1 aromatic carbocycles. The van der Waals surface area contributed by atoms with Gasteiger partial charge >= 0.3 is 0 Å². The molecule has 0 bridgehead atoms. The fourth-order valence-electron chi connectivity index (χ4n) is 2.12. The maximum absolute atomic E-state index is 13.3. The smallest absolute Gasteiger partial charge is 0.262 e. The number of pyridine rings is 1. The number of halogens is 2. The van der Waals surface area contributed by atoms with E-state index in [4.69, 9.17) is 16.3 Å². The summed E-state index contributed by atoms with van der Waals surface area (Å²) in [5.41, 5.74) is 1.78. The molecule has 0 spiro atoms. The molecule has 0 atom stereocenters. The van der Waals surface area contributed by atoms with Crippen LogP contribution >= 0.6 is 11.6 Å². The summed E-state index contributed by atoms with van der Waals surface area (Å²) in [6, 6.07) is 5.63. The molecule has 2 rings (SSSR count). The lowest BCUT2D eigenvalue weighted by atomic mass is 10.2. The van der Waals surface area contributed by atoms with Crippen LogP contribution in [0.25, 0.3) is 0 Å². The van der Waals surface area contributed by atoms with Crippen LogP contribution in [-0.4, -0.2) is 29.9 Å². The van der Waals surface area contributed by atoms with Gasteiger partial charge in [-0.1, -0.05) is 18.2 Å². The van der Waals surface area contributed by atoms with E-state index in [9.17, 15) is 14.0 Å². The Balaban J connectivity index is 1.69. The van der Waals surface area contributed by atoms with Gasteiger partial charge in [-0.25, -0.2) is 4.39 Å². The largest absolute Gasteiger partial charge is 0.484 e. The quantitative estimate of drug-likeness (QED) is 0.724. The number of ether oxygens (including phenoxy) is 1. The molecule has 142 valence electrons. The summed E-state index contributed by atoms with van der Waals surface area (Å²) in [5.74, 6) is -1.13. The van der Waals surface area contributed by atoms with Gasteiger partial charge in [-0.3, -0.25) is 14.6 Å². The van der Waals surface area contributed by atoms with E-state index in [2.05, 4.69) is 22.2 Å². The number of aromatic nitrogens is 1. The topological polar surface area (TPSA) is 80.3 Å². The minimum Gasteiger partial charge on any atom is -0.484 e. The Morgan fingerprint density at radius 1 is 1.30 bits per heavy atom. The first-order valence-electron chi connectivity index (χ1n) is 8.10. The van der Waals surface area contributed by atoms with Crippen molar-refractivity contribution in [1.82, 2.24) is 15.6 Å². The summed E-state index contributed by atoms with van der Waals surface area (Å²) in [7, 11) is 0. The first kappa shape index (κ1) is 20.4. The molecule has 2 N–H and O–H groups in total. The Kier molecular flexibility index (Phi) is 7.31. The molecule has 8 heteroatoms. The van der Waals surface area contributed by atoms with Crippen LogP contribution in [-0.2, 0) is 4.79 Å². The van der Waals surface area contributed by atoms with Crippen LogP contribution in [0, 0.1) is 12.7 Å². The van der Waals surface area contributed by atoms with Crippen LogP contribution < -0.4 is 15.4 Å². The molecule has 2 aromatic rings. The third kappa shape index (κ3) is 6.71. The van der Waals surface area contributed by atoms with E-state index < -0.39 is 11.7 Å². The van der Waals surface area contributed by atoms with Crippen molar-refractivity contribution in [2.45, 2.75) is 13.3 Å². The molecule has 0 aliphatic heterocycles. The number of benzene rings is 1. The van der Waals surface area contributed by atoms with E-state index in [1.54, 1.807) is 12.3 Å². The molecule has 0 unspecified atom stereocenters.